The van der Waals surface area contributed by atoms with Gasteiger partial charge in [-0.3, -0.25) is 9.18 Å². The van der Waals surface area contributed by atoms with Crippen LogP contribution < -0.4 is 4.90 Å². The van der Waals surface area contributed by atoms with E-state index < -0.39 is 6.67 Å². The third kappa shape index (κ3) is 6.56. The fourth-order valence-electron chi connectivity index (χ4n) is 4.74. The van der Waals surface area contributed by atoms with E-state index in [1.54, 1.807) is 11.1 Å². The number of ether oxygens (including phenoxy) is 1. The van der Waals surface area contributed by atoms with E-state index in [0.717, 1.165) is 74.3 Å². The summed E-state index contributed by atoms with van der Waals surface area (Å²) in [5.41, 5.74) is 1.82. The van der Waals surface area contributed by atoms with Gasteiger partial charge in [0.25, 0.3) is 5.91 Å². The zero-order chi connectivity index (χ0) is 26.3. The first-order valence-corrected chi connectivity index (χ1v) is 13.6. The highest BCUT2D eigenvalue weighted by molar-refractivity contribution is 6.05. The molecule has 202 valence electrons. The number of oxazole rings is 1. The Morgan fingerprint density at radius 3 is 2.74 bits per heavy atom. The van der Waals surface area contributed by atoms with Crippen LogP contribution in [0.2, 0.25) is 0 Å². The number of halogens is 1. The third-order valence-electron chi connectivity index (χ3n) is 7.18. The number of aryl methyl sites for hydroxylation is 1. The number of amides is 1. The minimum Gasteiger partial charge on any atom is -0.440 e. The Morgan fingerprint density at radius 1 is 1.11 bits per heavy atom. The van der Waals surface area contributed by atoms with E-state index in [1.807, 2.05) is 24.3 Å². The smallest absolute Gasteiger partial charge is 0.253 e. The number of hydrogen-bond donors (Lipinski definition) is 0. The summed E-state index contributed by atoms with van der Waals surface area (Å²) in [7, 11) is 0. The molecule has 0 spiro atoms. The molecule has 3 aromatic rings. The number of carbonyl (C=O) groups is 1. The summed E-state index contributed by atoms with van der Waals surface area (Å²) in [5.74, 6) is 3.37. The van der Waals surface area contributed by atoms with Gasteiger partial charge in [-0.2, -0.15) is 4.98 Å². The number of alkyl halides is 1. The van der Waals surface area contributed by atoms with Crippen molar-refractivity contribution in [3.63, 3.8) is 0 Å². The van der Waals surface area contributed by atoms with Crippen LogP contribution in [0.25, 0.3) is 11.3 Å². The van der Waals surface area contributed by atoms with Crippen LogP contribution in [0.3, 0.4) is 0 Å². The maximum atomic E-state index is 13.2. The molecule has 3 heterocycles. The van der Waals surface area contributed by atoms with Crippen LogP contribution in [0.15, 0.2) is 51.6 Å². The molecule has 2 aliphatic rings. The standard InChI is InChI=1S/C29H35FN4O4/c1-20(11-14-30)29(35)34(15-4-2-3-8-26-32-27(33-38-26)21-9-10-21)24-7-5-6-23(18-24)25-19-31-28(37-25)22-12-16-36-17-13-22/h5-7,18-19,21-22H,1-4,8-17H2. The summed E-state index contributed by atoms with van der Waals surface area (Å²) >= 11 is 0. The molecule has 0 unspecified atom stereocenters. The maximum Gasteiger partial charge on any atom is 0.253 e. The van der Waals surface area contributed by atoms with E-state index in [-0.39, 0.29) is 23.8 Å². The molecule has 1 aliphatic heterocycles. The molecule has 0 radical (unpaired) electrons. The van der Waals surface area contributed by atoms with E-state index in [1.165, 1.54) is 0 Å². The predicted octanol–water partition coefficient (Wildman–Crippen LogP) is 6.16. The minimum atomic E-state index is -0.613. The Kier molecular flexibility index (Phi) is 8.63. The van der Waals surface area contributed by atoms with Gasteiger partial charge in [-0.25, -0.2) is 4.98 Å². The highest BCUT2D eigenvalue weighted by Crippen LogP contribution is 2.38. The summed E-state index contributed by atoms with van der Waals surface area (Å²) in [5, 5.41) is 4.07. The van der Waals surface area contributed by atoms with Gasteiger partial charge < -0.3 is 18.6 Å². The van der Waals surface area contributed by atoms with Gasteiger partial charge in [-0.05, 0) is 50.7 Å². The molecule has 0 bridgehead atoms. The number of hydrogen-bond acceptors (Lipinski definition) is 7. The molecule has 1 saturated carbocycles. The lowest BCUT2D eigenvalue weighted by atomic mass is 10.0. The van der Waals surface area contributed by atoms with Crippen molar-refractivity contribution in [1.29, 1.82) is 0 Å². The Hall–Kier alpha value is -3.33. The second-order valence-corrected chi connectivity index (χ2v) is 10.1. The maximum absolute atomic E-state index is 13.2. The largest absolute Gasteiger partial charge is 0.440 e. The topological polar surface area (TPSA) is 94.5 Å². The normalized spacial score (nSPS) is 16.0. The molecule has 1 saturated heterocycles. The van der Waals surface area contributed by atoms with Crippen LogP contribution in [0, 0.1) is 0 Å². The predicted molar refractivity (Wildman–Crippen MR) is 141 cm³/mol. The monoisotopic (exact) mass is 522 g/mol. The van der Waals surface area contributed by atoms with Gasteiger partial charge in [0.1, 0.15) is 0 Å². The number of unbranched alkanes of at least 4 members (excludes halogenated alkanes) is 2. The average Bonchev–Trinajstić information content (AvgIpc) is 3.48. The number of nitrogens with zero attached hydrogens (tertiary/aromatic N) is 4. The molecule has 0 atom stereocenters. The molecule has 1 amide bonds. The number of aromatic nitrogens is 3. The van der Waals surface area contributed by atoms with Gasteiger partial charge in [0, 0.05) is 61.3 Å². The molecule has 2 fully saturated rings. The molecule has 38 heavy (non-hydrogen) atoms. The first-order chi connectivity index (χ1) is 18.6. The van der Waals surface area contributed by atoms with E-state index >= 15 is 0 Å². The van der Waals surface area contributed by atoms with E-state index in [4.69, 9.17) is 13.7 Å². The van der Waals surface area contributed by atoms with Crippen molar-refractivity contribution in [2.75, 3.05) is 31.3 Å². The fourth-order valence-corrected chi connectivity index (χ4v) is 4.74. The van der Waals surface area contributed by atoms with Crippen molar-refractivity contribution < 1.29 is 22.9 Å². The molecule has 1 aliphatic carbocycles. The Bertz CT molecular complexity index is 1230. The van der Waals surface area contributed by atoms with E-state index in [0.29, 0.717) is 37.3 Å². The van der Waals surface area contributed by atoms with Crippen molar-refractivity contribution >= 4 is 11.6 Å². The van der Waals surface area contributed by atoms with Gasteiger partial charge >= 0.3 is 0 Å². The summed E-state index contributed by atoms with van der Waals surface area (Å²) in [6.45, 7) is 5.15. The average molecular weight is 523 g/mol. The van der Waals surface area contributed by atoms with Crippen molar-refractivity contribution in [2.45, 2.75) is 69.6 Å². The highest BCUT2D eigenvalue weighted by atomic mass is 19.1. The molecule has 0 N–H and O–H groups in total. The number of rotatable bonds is 13. The Balaban J connectivity index is 1.23. The highest BCUT2D eigenvalue weighted by Gasteiger charge is 2.28. The molecular formula is C29H35FN4O4. The van der Waals surface area contributed by atoms with Crippen molar-refractivity contribution in [1.82, 2.24) is 15.1 Å². The second-order valence-electron chi connectivity index (χ2n) is 10.1. The lowest BCUT2D eigenvalue weighted by Crippen LogP contribution is -2.33. The molecule has 9 heteroatoms. The second kappa shape index (κ2) is 12.5. The number of anilines is 1. The summed E-state index contributed by atoms with van der Waals surface area (Å²) in [4.78, 5) is 23.9. The molecule has 2 aromatic heterocycles. The van der Waals surface area contributed by atoms with Gasteiger partial charge in [0.15, 0.2) is 17.5 Å². The zero-order valence-electron chi connectivity index (χ0n) is 21.7. The third-order valence-corrected chi connectivity index (χ3v) is 7.18. The van der Waals surface area contributed by atoms with Crippen molar-refractivity contribution in [2.24, 2.45) is 0 Å². The molecule has 5 rings (SSSR count). The summed E-state index contributed by atoms with van der Waals surface area (Å²) in [6.07, 6.45) is 9.11. The fraction of sp³-hybridized carbons (Fsp3) is 0.517. The quantitative estimate of drug-likeness (QED) is 0.196. The number of carbonyl (C=O) groups excluding carboxylic acids is 1. The Labute approximate surface area is 222 Å². The number of benzene rings is 1. The van der Waals surface area contributed by atoms with Crippen molar-refractivity contribution in [3.05, 3.63) is 60.2 Å². The summed E-state index contributed by atoms with van der Waals surface area (Å²) < 4.78 is 29.9. The first-order valence-electron chi connectivity index (χ1n) is 13.6. The van der Waals surface area contributed by atoms with Crippen LogP contribution in [-0.4, -0.2) is 47.5 Å². The van der Waals surface area contributed by atoms with Gasteiger partial charge in [-0.1, -0.05) is 30.3 Å². The zero-order valence-corrected chi connectivity index (χ0v) is 21.7. The van der Waals surface area contributed by atoms with E-state index in [9.17, 15) is 9.18 Å². The van der Waals surface area contributed by atoms with Crippen LogP contribution in [0.4, 0.5) is 10.1 Å². The molecular weight excluding hydrogens is 487 g/mol. The van der Waals surface area contributed by atoms with E-state index in [2.05, 4.69) is 21.7 Å². The van der Waals surface area contributed by atoms with Crippen LogP contribution >= 0.6 is 0 Å². The molecule has 1 aromatic carbocycles. The first kappa shape index (κ1) is 26.3. The Morgan fingerprint density at radius 2 is 1.95 bits per heavy atom. The lowest BCUT2D eigenvalue weighted by molar-refractivity contribution is -0.115. The molecule has 8 nitrogen and oxygen atoms in total. The summed E-state index contributed by atoms with van der Waals surface area (Å²) in [6, 6.07) is 7.65. The van der Waals surface area contributed by atoms with Crippen molar-refractivity contribution in [3.8, 4) is 11.3 Å². The van der Waals surface area contributed by atoms with Gasteiger partial charge in [0.05, 0.1) is 12.9 Å². The van der Waals surface area contributed by atoms with Crippen LogP contribution in [0.5, 0.6) is 0 Å². The van der Waals surface area contributed by atoms with Crippen LogP contribution in [-0.2, 0) is 16.0 Å². The minimum absolute atomic E-state index is 0.0199. The lowest BCUT2D eigenvalue weighted by Gasteiger charge is -2.24. The van der Waals surface area contributed by atoms with Crippen LogP contribution in [0.1, 0.15) is 80.8 Å². The SMILES string of the molecule is C=C(CCF)C(=O)N(CCCCCc1nc(C2CC2)no1)c1cccc(-c2cnc(C3CCOCC3)o2)c1. The van der Waals surface area contributed by atoms with Gasteiger partial charge in [0.2, 0.25) is 5.89 Å². The van der Waals surface area contributed by atoms with Gasteiger partial charge in [-0.15, -0.1) is 0 Å².